The monoisotopic (exact) mass is 232 g/mol. The van der Waals surface area contributed by atoms with Crippen LogP contribution in [0.4, 0.5) is 0 Å². The average Bonchev–Trinajstić information content (AvgIpc) is 2.18. The van der Waals surface area contributed by atoms with Crippen LogP contribution in [0, 0.1) is 0 Å². The van der Waals surface area contributed by atoms with Gasteiger partial charge in [0, 0.05) is 5.02 Å². The zero-order valence-corrected chi connectivity index (χ0v) is 9.16. The Balaban J connectivity index is 2.14. The van der Waals surface area contributed by atoms with Crippen molar-refractivity contribution < 1.29 is 14.6 Å². The van der Waals surface area contributed by atoms with Gasteiger partial charge < -0.3 is 5.26 Å². The molecule has 2 atom stereocenters. The van der Waals surface area contributed by atoms with E-state index in [9.17, 15) is 5.26 Å². The first-order valence-electron chi connectivity index (χ1n) is 4.32. The lowest BCUT2D eigenvalue weighted by Crippen LogP contribution is -2.24. The smallest absolute Gasteiger partial charge is 0.245 e. The van der Waals surface area contributed by atoms with Gasteiger partial charge in [-0.05, 0) is 24.1 Å². The normalized spacial score (nSPS) is 25.4. The summed E-state index contributed by atoms with van der Waals surface area (Å²) in [5.41, 5.74) is 1.33. The van der Waals surface area contributed by atoms with Crippen LogP contribution in [0.15, 0.2) is 24.3 Å². The number of halogens is 1. The zero-order valence-electron chi connectivity index (χ0n) is 7.40. The summed E-state index contributed by atoms with van der Waals surface area (Å²) in [6.07, 6.45) is 0.866. The Morgan fingerprint density at radius 1 is 1.57 bits per heavy atom. The summed E-state index contributed by atoms with van der Waals surface area (Å²) in [4.78, 5) is 4.73. The van der Waals surface area contributed by atoms with E-state index in [0.717, 1.165) is 12.0 Å². The van der Waals surface area contributed by atoms with Crippen molar-refractivity contribution in [1.29, 1.82) is 0 Å². The summed E-state index contributed by atoms with van der Waals surface area (Å²) in [6, 6.07) is 7.62. The molecule has 1 aromatic rings. The Labute approximate surface area is 89.0 Å². The van der Waals surface area contributed by atoms with E-state index in [1.54, 1.807) is 0 Å². The molecule has 0 aromatic heterocycles. The van der Waals surface area contributed by atoms with Gasteiger partial charge in [-0.3, -0.25) is 0 Å². The van der Waals surface area contributed by atoms with Crippen molar-refractivity contribution in [3.8, 4) is 0 Å². The fraction of sp³-hybridized carbons (Fsp3) is 0.333. The van der Waals surface area contributed by atoms with Gasteiger partial charge in [-0.25, -0.2) is 4.46 Å². The lowest BCUT2D eigenvalue weighted by molar-refractivity contribution is -0.848. The van der Waals surface area contributed by atoms with Crippen molar-refractivity contribution in [2.45, 2.75) is 12.1 Å². The van der Waals surface area contributed by atoms with Crippen LogP contribution in [-0.4, -0.2) is 6.61 Å². The van der Waals surface area contributed by atoms with E-state index >= 15 is 0 Å². The molecule has 1 fully saturated rings. The first-order chi connectivity index (χ1) is 6.75. The molecule has 3 nitrogen and oxygen atoms in total. The zero-order chi connectivity index (χ0) is 9.97. The number of rotatable bonds is 1. The minimum atomic E-state index is 0.0540. The van der Waals surface area contributed by atoms with Crippen molar-refractivity contribution >= 4 is 20.4 Å². The van der Waals surface area contributed by atoms with Crippen LogP contribution in [0.3, 0.4) is 0 Å². The van der Waals surface area contributed by atoms with Gasteiger partial charge in [0.05, 0.1) is 5.66 Å². The van der Waals surface area contributed by atoms with Crippen LogP contribution in [0.1, 0.15) is 17.6 Å². The molecule has 5 heteroatoms. The van der Waals surface area contributed by atoms with Crippen LogP contribution in [0.5, 0.6) is 0 Å². The summed E-state index contributed by atoms with van der Waals surface area (Å²) in [5.74, 6) is 0. The second-order valence-corrected chi connectivity index (χ2v) is 4.77. The summed E-state index contributed by atoms with van der Waals surface area (Å²) in [7, 11) is 0.0540. The van der Waals surface area contributed by atoms with Gasteiger partial charge in [0.2, 0.25) is 8.81 Å². The third-order valence-corrected chi connectivity index (χ3v) is 3.54. The fourth-order valence-electron chi connectivity index (χ4n) is 1.41. The molecule has 0 bridgehead atoms. The Kier molecular flexibility index (Phi) is 3.37. The van der Waals surface area contributed by atoms with Gasteiger partial charge in [-0.2, -0.15) is 0 Å². The molecule has 0 N–H and O–H groups in total. The number of hydrogen-bond donors (Lipinski definition) is 0. The molecule has 0 saturated carbocycles. The van der Waals surface area contributed by atoms with Gasteiger partial charge in [0.15, 0.2) is 0 Å². The van der Waals surface area contributed by atoms with Crippen molar-refractivity contribution in [1.82, 2.24) is 0 Å². The van der Waals surface area contributed by atoms with Crippen molar-refractivity contribution in [2.24, 2.45) is 0 Å². The summed E-state index contributed by atoms with van der Waals surface area (Å²) in [5, 5.41) is 11.6. The van der Waals surface area contributed by atoms with Gasteiger partial charge in [-0.1, -0.05) is 23.7 Å². The Hall–Kier alpha value is -0.180. The van der Waals surface area contributed by atoms with Crippen LogP contribution in [0.25, 0.3) is 0 Å². The Morgan fingerprint density at radius 3 is 3.14 bits per heavy atom. The molecule has 2 unspecified atom stereocenters. The molecule has 0 spiro atoms. The molecule has 76 valence electrons. The Bertz CT molecular complexity index is 321. The molecule has 0 amide bonds. The summed E-state index contributed by atoms with van der Waals surface area (Å²) < 4.78 is 1.43. The molecule has 2 rings (SSSR count). The fourth-order valence-corrected chi connectivity index (χ4v) is 2.54. The third kappa shape index (κ3) is 2.44. The van der Waals surface area contributed by atoms with E-state index in [4.69, 9.17) is 16.5 Å². The molecule has 1 heterocycles. The van der Waals surface area contributed by atoms with E-state index in [0.29, 0.717) is 11.6 Å². The highest BCUT2D eigenvalue weighted by atomic mass is 35.5. The highest BCUT2D eigenvalue weighted by molar-refractivity contribution is 7.33. The van der Waals surface area contributed by atoms with E-state index in [-0.39, 0.29) is 14.5 Å². The number of benzene rings is 1. The molecule has 0 aliphatic carbocycles. The minimum Gasteiger partial charge on any atom is -0.486 e. The standard InChI is InChI=1S/C9H10ClO3P/c10-8-3-1-2-7(6-8)9-4-5-12-13(11)14-9/h1-3,6,9,14H,4-5H2. The van der Waals surface area contributed by atoms with Crippen LogP contribution in [0.2, 0.25) is 5.02 Å². The van der Waals surface area contributed by atoms with Crippen LogP contribution < -0.4 is 5.26 Å². The predicted octanol–water partition coefficient (Wildman–Crippen LogP) is 2.14. The highest BCUT2D eigenvalue weighted by Crippen LogP contribution is 2.44. The first-order valence-corrected chi connectivity index (χ1v) is 5.69. The molecular formula is C9H10ClO3P. The lowest BCUT2D eigenvalue weighted by atomic mass is 10.1. The maximum Gasteiger partial charge on any atom is 0.245 e. The van der Waals surface area contributed by atoms with Crippen molar-refractivity contribution in [3.63, 3.8) is 0 Å². The maximum absolute atomic E-state index is 10.9. The minimum absolute atomic E-state index is 0.0540. The van der Waals surface area contributed by atoms with Gasteiger partial charge >= 0.3 is 0 Å². The molecule has 1 aliphatic heterocycles. The second kappa shape index (κ2) is 4.56. The summed E-state index contributed by atoms with van der Waals surface area (Å²) in [6.45, 7) is 0.457. The van der Waals surface area contributed by atoms with Gasteiger partial charge in [0.25, 0.3) is 0 Å². The first kappa shape index (κ1) is 10.3. The highest BCUT2D eigenvalue weighted by Gasteiger charge is 2.25. The van der Waals surface area contributed by atoms with Gasteiger partial charge in [-0.15, -0.1) is 4.89 Å². The van der Waals surface area contributed by atoms with Crippen molar-refractivity contribution in [3.05, 3.63) is 34.9 Å². The van der Waals surface area contributed by atoms with Gasteiger partial charge in [0.1, 0.15) is 6.61 Å². The van der Waals surface area contributed by atoms with E-state index in [1.165, 1.54) is 4.46 Å². The third-order valence-electron chi connectivity index (χ3n) is 2.09. The largest absolute Gasteiger partial charge is 0.486 e. The summed E-state index contributed by atoms with van der Waals surface area (Å²) >= 11 is 5.87. The lowest BCUT2D eigenvalue weighted by Gasteiger charge is -2.25. The SMILES string of the molecule is [O-][O+]1OCCC(c2cccc(Cl)c2)P1. The topological polar surface area (TPSA) is 35.0 Å². The van der Waals surface area contributed by atoms with E-state index < -0.39 is 0 Å². The Morgan fingerprint density at radius 2 is 2.43 bits per heavy atom. The molecular weight excluding hydrogens is 223 g/mol. The number of hydrogen-bond acceptors (Lipinski definition) is 2. The molecule has 1 saturated heterocycles. The van der Waals surface area contributed by atoms with Crippen molar-refractivity contribution in [2.75, 3.05) is 6.61 Å². The van der Waals surface area contributed by atoms with Crippen LogP contribution >= 0.6 is 20.4 Å². The van der Waals surface area contributed by atoms with Crippen LogP contribution in [-0.2, 0) is 9.34 Å². The molecule has 0 radical (unpaired) electrons. The average molecular weight is 233 g/mol. The predicted molar refractivity (Wildman–Crippen MR) is 54.2 cm³/mol. The second-order valence-electron chi connectivity index (χ2n) is 3.07. The van der Waals surface area contributed by atoms with E-state index in [2.05, 4.69) is 0 Å². The maximum atomic E-state index is 10.9. The molecule has 1 aromatic carbocycles. The molecule has 14 heavy (non-hydrogen) atoms. The van der Waals surface area contributed by atoms with E-state index in [1.807, 2.05) is 24.3 Å². The molecule has 1 aliphatic rings. The quantitative estimate of drug-likeness (QED) is 0.422.